The standard InChI is InChI=1S/C25H26F2/c1-3-5-18-6-8-19(9-7-18)10-11-20-12-14-22(15-13-20)23-17-16-21(4-2)24(26)25(23)27/h6-9,12-17H,3-5,10-11H2,1-2H3. The molecule has 0 radical (unpaired) electrons. The zero-order valence-corrected chi connectivity index (χ0v) is 16.1. The lowest BCUT2D eigenvalue weighted by atomic mass is 9.98. The van der Waals surface area contributed by atoms with Crippen LogP contribution in [0.5, 0.6) is 0 Å². The van der Waals surface area contributed by atoms with Crippen LogP contribution in [-0.4, -0.2) is 0 Å². The fraction of sp³-hybridized carbons (Fsp3) is 0.280. The van der Waals surface area contributed by atoms with Crippen LogP contribution in [0.15, 0.2) is 60.7 Å². The van der Waals surface area contributed by atoms with E-state index < -0.39 is 11.6 Å². The summed E-state index contributed by atoms with van der Waals surface area (Å²) in [6.45, 7) is 4.01. The van der Waals surface area contributed by atoms with Gasteiger partial charge in [0.1, 0.15) is 0 Å². The van der Waals surface area contributed by atoms with E-state index in [4.69, 9.17) is 0 Å². The minimum Gasteiger partial charge on any atom is -0.203 e. The highest BCUT2D eigenvalue weighted by atomic mass is 19.2. The zero-order valence-electron chi connectivity index (χ0n) is 16.1. The largest absolute Gasteiger partial charge is 0.203 e. The van der Waals surface area contributed by atoms with Gasteiger partial charge in [-0.1, -0.05) is 80.9 Å². The van der Waals surface area contributed by atoms with Crippen molar-refractivity contribution in [2.45, 2.75) is 46.0 Å². The molecule has 0 saturated heterocycles. The van der Waals surface area contributed by atoms with E-state index >= 15 is 0 Å². The molecule has 27 heavy (non-hydrogen) atoms. The van der Waals surface area contributed by atoms with Crippen LogP contribution in [0, 0.1) is 11.6 Å². The van der Waals surface area contributed by atoms with E-state index in [1.807, 2.05) is 31.2 Å². The smallest absolute Gasteiger partial charge is 0.166 e. The van der Waals surface area contributed by atoms with Crippen LogP contribution < -0.4 is 0 Å². The van der Waals surface area contributed by atoms with Gasteiger partial charge in [-0.05, 0) is 53.5 Å². The highest BCUT2D eigenvalue weighted by molar-refractivity contribution is 5.65. The van der Waals surface area contributed by atoms with Gasteiger partial charge in [0.05, 0.1) is 0 Å². The van der Waals surface area contributed by atoms with Gasteiger partial charge >= 0.3 is 0 Å². The topological polar surface area (TPSA) is 0 Å². The number of benzene rings is 3. The summed E-state index contributed by atoms with van der Waals surface area (Å²) < 4.78 is 28.4. The van der Waals surface area contributed by atoms with Gasteiger partial charge in [0.25, 0.3) is 0 Å². The first kappa shape index (κ1) is 19.3. The molecule has 0 unspecified atom stereocenters. The maximum atomic E-state index is 14.3. The second-order valence-corrected chi connectivity index (χ2v) is 7.02. The number of hydrogen-bond donors (Lipinski definition) is 0. The fourth-order valence-corrected chi connectivity index (χ4v) is 3.39. The lowest BCUT2D eigenvalue weighted by Gasteiger charge is -2.09. The predicted octanol–water partition coefficient (Wildman–Crippen LogP) is 6.93. The van der Waals surface area contributed by atoms with Crippen LogP contribution in [0.2, 0.25) is 0 Å². The van der Waals surface area contributed by atoms with Gasteiger partial charge in [-0.25, -0.2) is 8.78 Å². The van der Waals surface area contributed by atoms with E-state index in [2.05, 4.69) is 31.2 Å². The van der Waals surface area contributed by atoms with Gasteiger partial charge in [-0.3, -0.25) is 0 Å². The molecule has 0 heterocycles. The zero-order chi connectivity index (χ0) is 19.2. The molecule has 0 bridgehead atoms. The van der Waals surface area contributed by atoms with Gasteiger partial charge in [-0.15, -0.1) is 0 Å². The predicted molar refractivity (Wildman–Crippen MR) is 109 cm³/mol. The van der Waals surface area contributed by atoms with Gasteiger partial charge in [-0.2, -0.15) is 0 Å². The molecule has 0 saturated carbocycles. The Labute approximate surface area is 160 Å². The maximum Gasteiger partial charge on any atom is 0.166 e. The molecule has 3 aromatic rings. The van der Waals surface area contributed by atoms with Crippen LogP contribution in [0.4, 0.5) is 8.78 Å². The normalized spacial score (nSPS) is 11.0. The first-order valence-corrected chi connectivity index (χ1v) is 9.76. The van der Waals surface area contributed by atoms with Gasteiger partial charge in [0.2, 0.25) is 0 Å². The molecule has 0 aliphatic carbocycles. The second-order valence-electron chi connectivity index (χ2n) is 7.02. The molecule has 3 aromatic carbocycles. The Morgan fingerprint density at radius 3 is 1.63 bits per heavy atom. The minimum absolute atomic E-state index is 0.322. The highest BCUT2D eigenvalue weighted by Crippen LogP contribution is 2.27. The summed E-state index contributed by atoms with van der Waals surface area (Å²) in [7, 11) is 0. The van der Waals surface area contributed by atoms with Crippen molar-refractivity contribution >= 4 is 0 Å². The molecule has 0 aliphatic rings. The monoisotopic (exact) mass is 364 g/mol. The van der Waals surface area contributed by atoms with Crippen molar-refractivity contribution in [2.24, 2.45) is 0 Å². The van der Waals surface area contributed by atoms with Crippen molar-refractivity contribution in [1.29, 1.82) is 0 Å². The molecule has 0 atom stereocenters. The Morgan fingerprint density at radius 1 is 0.593 bits per heavy atom. The SMILES string of the molecule is CCCc1ccc(CCc2ccc(-c3ccc(CC)c(F)c3F)cc2)cc1. The van der Waals surface area contributed by atoms with Crippen molar-refractivity contribution in [1.82, 2.24) is 0 Å². The van der Waals surface area contributed by atoms with Crippen LogP contribution >= 0.6 is 0 Å². The summed E-state index contributed by atoms with van der Waals surface area (Å²) in [5, 5.41) is 0. The maximum absolute atomic E-state index is 14.3. The highest BCUT2D eigenvalue weighted by Gasteiger charge is 2.13. The Bertz CT molecular complexity index is 877. The molecular weight excluding hydrogens is 338 g/mol. The molecule has 0 amide bonds. The second kappa shape index (κ2) is 8.94. The summed E-state index contributed by atoms with van der Waals surface area (Å²) in [5.74, 6) is -1.49. The van der Waals surface area contributed by atoms with Crippen molar-refractivity contribution in [3.63, 3.8) is 0 Å². The summed E-state index contributed by atoms with van der Waals surface area (Å²) in [5.41, 5.74) is 5.35. The molecule has 0 nitrogen and oxygen atoms in total. The van der Waals surface area contributed by atoms with Crippen molar-refractivity contribution in [3.05, 3.63) is 94.6 Å². The van der Waals surface area contributed by atoms with Crippen molar-refractivity contribution in [2.75, 3.05) is 0 Å². The van der Waals surface area contributed by atoms with E-state index in [1.165, 1.54) is 16.7 Å². The van der Waals surface area contributed by atoms with E-state index in [-0.39, 0.29) is 0 Å². The summed E-state index contributed by atoms with van der Waals surface area (Å²) in [6, 6.07) is 19.9. The van der Waals surface area contributed by atoms with Gasteiger partial charge in [0, 0.05) is 5.56 Å². The fourth-order valence-electron chi connectivity index (χ4n) is 3.39. The lowest BCUT2D eigenvalue weighted by molar-refractivity contribution is 0.502. The van der Waals surface area contributed by atoms with E-state index in [0.717, 1.165) is 25.7 Å². The van der Waals surface area contributed by atoms with Gasteiger partial charge < -0.3 is 0 Å². The number of aryl methyl sites for hydroxylation is 4. The van der Waals surface area contributed by atoms with Crippen LogP contribution in [0.25, 0.3) is 11.1 Å². The number of halogens is 2. The van der Waals surface area contributed by atoms with E-state index in [9.17, 15) is 8.78 Å². The van der Waals surface area contributed by atoms with E-state index in [0.29, 0.717) is 23.1 Å². The molecule has 3 rings (SSSR count). The first-order valence-electron chi connectivity index (χ1n) is 9.76. The molecule has 0 aromatic heterocycles. The summed E-state index contributed by atoms with van der Waals surface area (Å²) in [4.78, 5) is 0. The van der Waals surface area contributed by atoms with Crippen molar-refractivity contribution in [3.8, 4) is 11.1 Å². The third-order valence-corrected chi connectivity index (χ3v) is 5.07. The van der Waals surface area contributed by atoms with Crippen LogP contribution in [0.3, 0.4) is 0 Å². The molecule has 2 heteroatoms. The summed E-state index contributed by atoms with van der Waals surface area (Å²) >= 11 is 0. The van der Waals surface area contributed by atoms with Crippen LogP contribution in [-0.2, 0) is 25.7 Å². The Kier molecular flexibility index (Phi) is 6.39. The molecular formula is C25H26F2. The Balaban J connectivity index is 1.68. The van der Waals surface area contributed by atoms with E-state index in [1.54, 1.807) is 12.1 Å². The molecule has 0 fully saturated rings. The molecule has 0 spiro atoms. The lowest BCUT2D eigenvalue weighted by Crippen LogP contribution is -1.96. The number of hydrogen-bond acceptors (Lipinski definition) is 0. The molecule has 0 N–H and O–H groups in total. The van der Waals surface area contributed by atoms with Crippen LogP contribution in [0.1, 0.15) is 42.5 Å². The quantitative estimate of drug-likeness (QED) is 0.426. The average molecular weight is 364 g/mol. The van der Waals surface area contributed by atoms with Crippen molar-refractivity contribution < 1.29 is 8.78 Å². The van der Waals surface area contributed by atoms with Gasteiger partial charge in [0.15, 0.2) is 11.6 Å². The Morgan fingerprint density at radius 2 is 1.11 bits per heavy atom. The summed E-state index contributed by atoms with van der Waals surface area (Å²) in [6.07, 6.45) is 4.68. The first-order chi connectivity index (χ1) is 13.1. The third kappa shape index (κ3) is 4.63. The minimum atomic E-state index is -0.755. The third-order valence-electron chi connectivity index (χ3n) is 5.07. The molecule has 0 aliphatic heterocycles. The molecule has 140 valence electrons. The number of rotatable bonds is 7. The Hall–Kier alpha value is -2.48. The average Bonchev–Trinajstić information content (AvgIpc) is 2.70.